The number of ether oxygens (including phenoxy) is 2. The molecular weight excluding hydrogens is 276 g/mol. The summed E-state index contributed by atoms with van der Waals surface area (Å²) in [5.74, 6) is 1.86. The lowest BCUT2D eigenvalue weighted by molar-refractivity contribution is 0.148. The van der Waals surface area contributed by atoms with E-state index in [0.29, 0.717) is 13.2 Å². The van der Waals surface area contributed by atoms with E-state index in [0.717, 1.165) is 24.3 Å². The average Bonchev–Trinajstić information content (AvgIpc) is 2.40. The lowest BCUT2D eigenvalue weighted by Gasteiger charge is -2.04. The minimum Gasteiger partial charge on any atom is -0.450 e. The van der Waals surface area contributed by atoms with Crippen LogP contribution in [0, 0.1) is 0 Å². The van der Waals surface area contributed by atoms with Crippen molar-refractivity contribution in [1.82, 2.24) is 10.6 Å². The Morgan fingerprint density at radius 2 is 1.28 bits per heavy atom. The Balaban J connectivity index is 3.07. The Morgan fingerprint density at radius 3 is 1.61 bits per heavy atom. The van der Waals surface area contributed by atoms with Crippen LogP contribution in [0.1, 0.15) is 12.8 Å². The van der Waals surface area contributed by atoms with Crippen LogP contribution < -0.4 is 10.6 Å². The molecule has 0 aromatic rings. The van der Waals surface area contributed by atoms with Crippen molar-refractivity contribution in [3.05, 3.63) is 0 Å². The van der Waals surface area contributed by atoms with Crippen molar-refractivity contribution in [2.75, 3.05) is 38.8 Å². The second-order valence-electron chi connectivity index (χ2n) is 3.12. The molecule has 2 N–H and O–H groups in total. The quantitative estimate of drug-likeness (QED) is 0.499. The number of amides is 2. The van der Waals surface area contributed by atoms with Crippen LogP contribution in [0.3, 0.4) is 0 Å². The third kappa shape index (κ3) is 11.7. The smallest absolute Gasteiger partial charge is 0.406 e. The van der Waals surface area contributed by atoms with Gasteiger partial charge < -0.3 is 20.1 Å². The van der Waals surface area contributed by atoms with Crippen LogP contribution in [-0.2, 0) is 9.47 Å². The second-order valence-corrected chi connectivity index (χ2v) is 5.83. The van der Waals surface area contributed by atoms with Gasteiger partial charge in [-0.3, -0.25) is 0 Å². The summed E-state index contributed by atoms with van der Waals surface area (Å²) in [4.78, 5) is 21.4. The van der Waals surface area contributed by atoms with Gasteiger partial charge in [-0.2, -0.15) is 0 Å². The van der Waals surface area contributed by atoms with Gasteiger partial charge >= 0.3 is 12.2 Å². The van der Waals surface area contributed by atoms with Crippen LogP contribution >= 0.6 is 21.6 Å². The number of carbonyl (C=O) groups excluding carboxylic acids is 2. The number of rotatable bonds is 9. The molecule has 0 heterocycles. The molecule has 0 aromatic heterocycles. The normalized spacial score (nSPS) is 9.67. The molecule has 0 atom stereocenters. The lowest BCUT2D eigenvalue weighted by Crippen LogP contribution is -2.19. The highest BCUT2D eigenvalue weighted by atomic mass is 33.1. The maximum Gasteiger partial charge on any atom is 0.406 e. The molecule has 18 heavy (non-hydrogen) atoms. The molecule has 0 aliphatic heterocycles. The Hall–Kier alpha value is -0.760. The van der Waals surface area contributed by atoms with E-state index in [-0.39, 0.29) is 12.2 Å². The minimum absolute atomic E-state index is 0.390. The molecule has 0 radical (unpaired) electrons. The van der Waals surface area contributed by atoms with Crippen LogP contribution in [0.15, 0.2) is 0 Å². The van der Waals surface area contributed by atoms with Gasteiger partial charge in [-0.1, -0.05) is 21.6 Å². The van der Waals surface area contributed by atoms with Crippen LogP contribution in [-0.4, -0.2) is 51.0 Å². The Morgan fingerprint density at radius 1 is 0.889 bits per heavy atom. The van der Waals surface area contributed by atoms with Gasteiger partial charge in [0.15, 0.2) is 0 Å². The third-order valence-electron chi connectivity index (χ3n) is 1.70. The van der Waals surface area contributed by atoms with Crippen molar-refractivity contribution < 1.29 is 19.1 Å². The number of hydrogen-bond acceptors (Lipinski definition) is 6. The van der Waals surface area contributed by atoms with Crippen LogP contribution in [0.25, 0.3) is 0 Å². The van der Waals surface area contributed by atoms with Gasteiger partial charge in [0.1, 0.15) is 0 Å². The number of carbonyl (C=O) groups is 2. The first-order valence-corrected chi connectivity index (χ1v) is 8.13. The van der Waals surface area contributed by atoms with E-state index < -0.39 is 0 Å². The molecule has 0 aliphatic carbocycles. The molecule has 0 saturated heterocycles. The number of hydrogen-bond donors (Lipinski definition) is 2. The van der Waals surface area contributed by atoms with E-state index in [2.05, 4.69) is 10.6 Å². The van der Waals surface area contributed by atoms with E-state index >= 15 is 0 Å². The minimum atomic E-state index is -0.390. The Labute approximate surface area is 115 Å². The standard InChI is InChI=1S/C10H20N2O4S2/c1-11-9(13)15-5-3-7-17-18-8-4-6-16-10(14)12-2/h3-8H2,1-2H3,(H,11,13)(H,12,14). The van der Waals surface area contributed by atoms with E-state index in [1.165, 1.54) is 14.1 Å². The monoisotopic (exact) mass is 296 g/mol. The van der Waals surface area contributed by atoms with Crippen molar-refractivity contribution in [1.29, 1.82) is 0 Å². The van der Waals surface area contributed by atoms with Gasteiger partial charge in [-0.25, -0.2) is 9.59 Å². The van der Waals surface area contributed by atoms with Crippen molar-refractivity contribution >= 4 is 33.8 Å². The molecule has 0 rings (SSSR count). The first-order chi connectivity index (χ1) is 8.70. The summed E-state index contributed by atoms with van der Waals surface area (Å²) in [5.41, 5.74) is 0. The van der Waals surface area contributed by atoms with Crippen molar-refractivity contribution in [3.63, 3.8) is 0 Å². The molecule has 8 heteroatoms. The summed E-state index contributed by atoms with van der Waals surface area (Å²) in [5, 5.41) is 4.77. The molecule has 0 unspecified atom stereocenters. The third-order valence-corrected chi connectivity index (χ3v) is 4.28. The number of nitrogens with one attached hydrogen (secondary N) is 2. The second kappa shape index (κ2) is 12.7. The molecule has 0 saturated carbocycles. The zero-order valence-corrected chi connectivity index (χ0v) is 12.3. The fraction of sp³-hybridized carbons (Fsp3) is 0.800. The van der Waals surface area contributed by atoms with Crippen molar-refractivity contribution in [2.45, 2.75) is 12.8 Å². The zero-order valence-electron chi connectivity index (χ0n) is 10.7. The van der Waals surface area contributed by atoms with Gasteiger partial charge in [0, 0.05) is 25.6 Å². The maximum atomic E-state index is 10.7. The molecular formula is C10H20N2O4S2. The highest BCUT2D eigenvalue weighted by Crippen LogP contribution is 2.22. The van der Waals surface area contributed by atoms with Gasteiger partial charge in [-0.05, 0) is 12.8 Å². The fourth-order valence-corrected chi connectivity index (χ4v) is 2.95. The predicted octanol–water partition coefficient (Wildman–Crippen LogP) is 1.86. The molecule has 0 aliphatic rings. The van der Waals surface area contributed by atoms with E-state index in [9.17, 15) is 9.59 Å². The van der Waals surface area contributed by atoms with Gasteiger partial charge in [0.05, 0.1) is 13.2 Å². The molecule has 106 valence electrons. The summed E-state index contributed by atoms with van der Waals surface area (Å²) in [7, 11) is 6.52. The highest BCUT2D eigenvalue weighted by molar-refractivity contribution is 8.76. The summed E-state index contributed by atoms with van der Waals surface area (Å²) >= 11 is 0. The SMILES string of the molecule is CNC(=O)OCCCSSCCCOC(=O)NC. The lowest BCUT2D eigenvalue weighted by atomic mass is 10.5. The average molecular weight is 296 g/mol. The molecule has 0 bridgehead atoms. The van der Waals surface area contributed by atoms with Gasteiger partial charge in [0.2, 0.25) is 0 Å². The summed E-state index contributed by atoms with van der Waals surface area (Å²) in [6.45, 7) is 0.875. The first-order valence-electron chi connectivity index (χ1n) is 5.64. The van der Waals surface area contributed by atoms with Gasteiger partial charge in [0.25, 0.3) is 0 Å². The molecule has 0 fully saturated rings. The number of alkyl carbamates (subject to hydrolysis) is 2. The Kier molecular flexibility index (Phi) is 12.2. The van der Waals surface area contributed by atoms with Crippen molar-refractivity contribution in [3.8, 4) is 0 Å². The molecule has 2 amide bonds. The first kappa shape index (κ1) is 17.2. The predicted molar refractivity (Wildman–Crippen MR) is 75.0 cm³/mol. The Bertz CT molecular complexity index is 218. The van der Waals surface area contributed by atoms with Gasteiger partial charge in [-0.15, -0.1) is 0 Å². The summed E-state index contributed by atoms with van der Waals surface area (Å²) < 4.78 is 9.68. The molecule has 0 spiro atoms. The maximum absolute atomic E-state index is 10.7. The van der Waals surface area contributed by atoms with Crippen molar-refractivity contribution in [2.24, 2.45) is 0 Å². The highest BCUT2D eigenvalue weighted by Gasteiger charge is 1.98. The van der Waals surface area contributed by atoms with Crippen LogP contribution in [0.2, 0.25) is 0 Å². The van der Waals surface area contributed by atoms with E-state index in [4.69, 9.17) is 9.47 Å². The van der Waals surface area contributed by atoms with Crippen LogP contribution in [0.4, 0.5) is 9.59 Å². The summed E-state index contributed by atoms with van der Waals surface area (Å²) in [6.07, 6.45) is 0.887. The van der Waals surface area contributed by atoms with E-state index in [1.54, 1.807) is 21.6 Å². The molecule has 6 nitrogen and oxygen atoms in total. The van der Waals surface area contributed by atoms with E-state index in [1.807, 2.05) is 0 Å². The zero-order chi connectivity index (χ0) is 13.6. The largest absolute Gasteiger partial charge is 0.450 e. The van der Waals surface area contributed by atoms with Crippen LogP contribution in [0.5, 0.6) is 0 Å². The fourth-order valence-electron chi connectivity index (χ4n) is 0.828. The topological polar surface area (TPSA) is 76.7 Å². The summed E-state index contributed by atoms with van der Waals surface area (Å²) in [6, 6.07) is 0. The molecule has 0 aromatic carbocycles.